The Morgan fingerprint density at radius 3 is 2.36 bits per heavy atom. The molecule has 2 aromatic rings. The fraction of sp³-hybridized carbons (Fsp3) is 0.333. The number of carboxylic acids is 1. The Morgan fingerprint density at radius 2 is 1.81 bits per heavy atom. The van der Waals surface area contributed by atoms with Crippen molar-refractivity contribution in [3.05, 3.63) is 82.9 Å². The van der Waals surface area contributed by atoms with Crippen LogP contribution in [0.2, 0.25) is 0 Å². The number of nitrogens with zero attached hydrogens (tertiary/aromatic N) is 1. The summed E-state index contributed by atoms with van der Waals surface area (Å²) in [6, 6.07) is 10.2. The molecule has 1 atom stereocenters. The molecule has 0 aromatic heterocycles. The highest BCUT2D eigenvalue weighted by atomic mass is 79.9. The highest BCUT2D eigenvalue weighted by molar-refractivity contribution is 9.10. The van der Waals surface area contributed by atoms with Crippen molar-refractivity contribution in [1.29, 1.82) is 0 Å². The van der Waals surface area contributed by atoms with Gasteiger partial charge in [0.1, 0.15) is 0 Å². The van der Waals surface area contributed by atoms with Gasteiger partial charge in [-0.2, -0.15) is 4.31 Å². The van der Waals surface area contributed by atoms with Crippen LogP contribution in [-0.2, 0) is 10.0 Å². The summed E-state index contributed by atoms with van der Waals surface area (Å²) in [4.78, 5) is 24.2. The van der Waals surface area contributed by atoms with Gasteiger partial charge in [0.25, 0.3) is 5.91 Å². The fourth-order valence-corrected chi connectivity index (χ4v) is 5.90. The standard InChI is InChI=1S/C23H25BrN2O5S.C4H8/c1-3-11-23(2)12-4-13-26(15-23)32(30,31)18-8-5-16(6-9-18)21(27)25-20-10-7-17(24)14-19(20)22(28)29;1-3-4-2/h3,5-10,14H,1,4,11-13,15H2,2H3,(H,25,27)(H,28,29);3-4H,1-2H3/b;4-3-. The predicted octanol–water partition coefficient (Wildman–Crippen LogP) is 6.35. The number of anilines is 1. The number of nitrogens with one attached hydrogen (secondary N) is 1. The first-order valence-corrected chi connectivity index (χ1v) is 13.8. The monoisotopic (exact) mass is 576 g/mol. The second kappa shape index (κ2) is 13.0. The molecule has 1 unspecified atom stereocenters. The minimum absolute atomic E-state index is 0.0559. The minimum Gasteiger partial charge on any atom is -0.478 e. The van der Waals surface area contributed by atoms with Crippen LogP contribution in [0.25, 0.3) is 0 Å². The molecule has 9 heteroatoms. The third-order valence-corrected chi connectivity index (χ3v) is 8.28. The molecule has 1 aliphatic heterocycles. The van der Waals surface area contributed by atoms with E-state index < -0.39 is 21.9 Å². The average molecular weight is 578 g/mol. The smallest absolute Gasteiger partial charge is 0.337 e. The van der Waals surface area contributed by atoms with Gasteiger partial charge in [-0.3, -0.25) is 4.79 Å². The normalized spacial score (nSPS) is 18.2. The van der Waals surface area contributed by atoms with Gasteiger partial charge in [0, 0.05) is 23.1 Å². The number of benzene rings is 2. The maximum Gasteiger partial charge on any atom is 0.337 e. The van der Waals surface area contributed by atoms with E-state index in [0.717, 1.165) is 19.3 Å². The molecular weight excluding hydrogens is 544 g/mol. The first-order valence-electron chi connectivity index (χ1n) is 11.6. The summed E-state index contributed by atoms with van der Waals surface area (Å²) >= 11 is 3.21. The Bertz CT molecular complexity index is 1220. The number of hydrogen-bond donors (Lipinski definition) is 2. The van der Waals surface area contributed by atoms with E-state index in [-0.39, 0.29) is 27.1 Å². The number of aromatic carboxylic acids is 1. The van der Waals surface area contributed by atoms with Gasteiger partial charge in [-0.15, -0.1) is 6.58 Å². The summed E-state index contributed by atoms with van der Waals surface area (Å²) in [5.74, 6) is -1.71. The van der Waals surface area contributed by atoms with Crippen molar-refractivity contribution in [2.45, 2.75) is 44.9 Å². The van der Waals surface area contributed by atoms with E-state index in [1.165, 1.54) is 40.7 Å². The molecule has 1 heterocycles. The third-order valence-electron chi connectivity index (χ3n) is 5.93. The first-order chi connectivity index (χ1) is 17.0. The number of carboxylic acid groups (broad SMARTS) is 1. The lowest BCUT2D eigenvalue weighted by molar-refractivity contribution is 0.0698. The lowest BCUT2D eigenvalue weighted by Crippen LogP contribution is -2.44. The largest absolute Gasteiger partial charge is 0.478 e. The molecule has 36 heavy (non-hydrogen) atoms. The zero-order valence-corrected chi connectivity index (χ0v) is 23.2. The quantitative estimate of drug-likeness (QED) is 0.374. The lowest BCUT2D eigenvalue weighted by Gasteiger charge is -2.39. The molecular formula is C27H33BrN2O5S. The van der Waals surface area contributed by atoms with E-state index in [0.29, 0.717) is 17.6 Å². The number of piperidine rings is 1. The Balaban J connectivity index is 0.00000106. The second-order valence-electron chi connectivity index (χ2n) is 8.89. The van der Waals surface area contributed by atoms with Crippen molar-refractivity contribution in [3.63, 3.8) is 0 Å². The molecule has 2 aromatic carbocycles. The lowest BCUT2D eigenvalue weighted by atomic mass is 9.80. The second-order valence-corrected chi connectivity index (χ2v) is 11.7. The van der Waals surface area contributed by atoms with E-state index in [4.69, 9.17) is 0 Å². The molecule has 194 valence electrons. The molecule has 0 radical (unpaired) electrons. The van der Waals surface area contributed by atoms with E-state index in [1.54, 1.807) is 6.07 Å². The third kappa shape index (κ3) is 7.62. The van der Waals surface area contributed by atoms with Crippen LogP contribution in [0.5, 0.6) is 0 Å². The van der Waals surface area contributed by atoms with Gasteiger partial charge in [0.2, 0.25) is 10.0 Å². The Kier molecular flexibility index (Phi) is 10.6. The van der Waals surface area contributed by atoms with Crippen LogP contribution < -0.4 is 5.32 Å². The van der Waals surface area contributed by atoms with Crippen LogP contribution in [0.4, 0.5) is 5.69 Å². The molecule has 0 saturated carbocycles. The number of carbonyl (C=O) groups excluding carboxylic acids is 1. The number of sulfonamides is 1. The van der Waals surface area contributed by atoms with Crippen LogP contribution in [0, 0.1) is 5.41 Å². The highest BCUT2D eigenvalue weighted by Crippen LogP contribution is 2.35. The summed E-state index contributed by atoms with van der Waals surface area (Å²) in [5.41, 5.74) is 0.176. The number of halogens is 1. The van der Waals surface area contributed by atoms with Gasteiger partial charge in [0.05, 0.1) is 16.1 Å². The van der Waals surface area contributed by atoms with Gasteiger partial charge >= 0.3 is 5.97 Å². The zero-order valence-electron chi connectivity index (χ0n) is 20.8. The summed E-state index contributed by atoms with van der Waals surface area (Å²) in [7, 11) is -3.69. The summed E-state index contributed by atoms with van der Waals surface area (Å²) < 4.78 is 28.3. The Morgan fingerprint density at radius 1 is 1.17 bits per heavy atom. The minimum atomic E-state index is -3.69. The SMILES string of the molecule is C/C=C\C.C=CCC1(C)CCCN(S(=O)(=O)c2ccc(C(=O)Nc3ccc(Br)cc3C(=O)O)cc2)C1. The van der Waals surface area contributed by atoms with Gasteiger partial charge in [0.15, 0.2) is 0 Å². The van der Waals surface area contributed by atoms with Crippen molar-refractivity contribution in [2.24, 2.45) is 5.41 Å². The number of carbonyl (C=O) groups is 2. The zero-order chi connectivity index (χ0) is 26.9. The molecule has 1 saturated heterocycles. The molecule has 3 rings (SSSR count). The molecule has 1 amide bonds. The van der Waals surface area contributed by atoms with Crippen LogP contribution in [0.1, 0.15) is 60.7 Å². The van der Waals surface area contributed by atoms with E-state index >= 15 is 0 Å². The number of amides is 1. The van der Waals surface area contributed by atoms with Crippen molar-refractivity contribution < 1.29 is 23.1 Å². The topological polar surface area (TPSA) is 104 Å². The summed E-state index contributed by atoms with van der Waals surface area (Å²) in [6.45, 7) is 10.7. The highest BCUT2D eigenvalue weighted by Gasteiger charge is 2.36. The van der Waals surface area contributed by atoms with Crippen LogP contribution in [-0.4, -0.2) is 42.8 Å². The van der Waals surface area contributed by atoms with Crippen molar-refractivity contribution >= 4 is 43.5 Å². The molecule has 1 fully saturated rings. The van der Waals surface area contributed by atoms with E-state index in [9.17, 15) is 23.1 Å². The first kappa shape index (κ1) is 29.5. The van der Waals surface area contributed by atoms with E-state index in [1.807, 2.05) is 32.1 Å². The Labute approximate surface area is 222 Å². The van der Waals surface area contributed by atoms with Gasteiger partial charge in [-0.25, -0.2) is 13.2 Å². The van der Waals surface area contributed by atoms with Crippen molar-refractivity contribution in [2.75, 3.05) is 18.4 Å². The average Bonchev–Trinajstić information content (AvgIpc) is 2.85. The number of allylic oxidation sites excluding steroid dienone is 3. The molecule has 1 aliphatic rings. The van der Waals surface area contributed by atoms with Crippen LogP contribution in [0.15, 0.2) is 76.6 Å². The molecule has 0 spiro atoms. The molecule has 0 aliphatic carbocycles. The van der Waals surface area contributed by atoms with Crippen LogP contribution >= 0.6 is 15.9 Å². The number of hydrogen-bond acceptors (Lipinski definition) is 4. The maximum absolute atomic E-state index is 13.1. The fourth-order valence-electron chi connectivity index (χ4n) is 3.91. The summed E-state index contributed by atoms with van der Waals surface area (Å²) in [6.07, 6.45) is 8.29. The molecule has 0 bridgehead atoms. The predicted molar refractivity (Wildman–Crippen MR) is 147 cm³/mol. The molecule has 2 N–H and O–H groups in total. The maximum atomic E-state index is 13.1. The van der Waals surface area contributed by atoms with Gasteiger partial charge in [-0.1, -0.05) is 41.1 Å². The van der Waals surface area contributed by atoms with Gasteiger partial charge in [-0.05, 0) is 81.0 Å². The van der Waals surface area contributed by atoms with Crippen molar-refractivity contribution in [1.82, 2.24) is 4.31 Å². The van der Waals surface area contributed by atoms with Crippen LogP contribution in [0.3, 0.4) is 0 Å². The Hall–Kier alpha value is -2.75. The number of rotatable bonds is 7. The summed E-state index contributed by atoms with van der Waals surface area (Å²) in [5, 5.41) is 11.9. The van der Waals surface area contributed by atoms with Crippen molar-refractivity contribution in [3.8, 4) is 0 Å². The van der Waals surface area contributed by atoms with E-state index in [2.05, 4.69) is 34.7 Å². The molecule has 7 nitrogen and oxygen atoms in total. The van der Waals surface area contributed by atoms with Gasteiger partial charge < -0.3 is 10.4 Å².